The first-order valence-corrected chi connectivity index (χ1v) is 5.23. The lowest BCUT2D eigenvalue weighted by atomic mass is 10.0. The fourth-order valence-corrected chi connectivity index (χ4v) is 2.13. The van der Waals surface area contributed by atoms with Crippen LogP contribution in [0.25, 0.3) is 10.9 Å². The number of carbonyl (C=O) groups is 1. The molecular formula is C13H15NO2. The second-order valence-electron chi connectivity index (χ2n) is 4.26. The number of fused-ring (bicyclic) bond motifs is 1. The third-order valence-corrected chi connectivity index (χ3v) is 3.38. The van der Waals surface area contributed by atoms with E-state index < -0.39 is 5.97 Å². The van der Waals surface area contributed by atoms with E-state index in [1.807, 2.05) is 31.5 Å². The summed E-state index contributed by atoms with van der Waals surface area (Å²) in [6.45, 7) is 5.95. The minimum atomic E-state index is -0.865. The van der Waals surface area contributed by atoms with E-state index in [0.717, 1.165) is 16.5 Å². The van der Waals surface area contributed by atoms with Crippen LogP contribution in [-0.4, -0.2) is 15.6 Å². The van der Waals surface area contributed by atoms with Gasteiger partial charge in [-0.05, 0) is 44.0 Å². The van der Waals surface area contributed by atoms with Crippen molar-refractivity contribution in [3.8, 4) is 0 Å². The van der Waals surface area contributed by atoms with Gasteiger partial charge in [-0.2, -0.15) is 0 Å². The van der Waals surface area contributed by atoms with Crippen molar-refractivity contribution in [2.45, 2.75) is 20.8 Å². The van der Waals surface area contributed by atoms with E-state index in [9.17, 15) is 4.79 Å². The van der Waals surface area contributed by atoms with Crippen LogP contribution in [-0.2, 0) is 7.05 Å². The molecule has 0 aliphatic heterocycles. The number of aromatic carboxylic acids is 1. The molecular weight excluding hydrogens is 202 g/mol. The summed E-state index contributed by atoms with van der Waals surface area (Å²) in [6, 6.07) is 3.72. The van der Waals surface area contributed by atoms with Crippen LogP contribution in [0, 0.1) is 20.8 Å². The van der Waals surface area contributed by atoms with Crippen LogP contribution in [0.15, 0.2) is 12.1 Å². The molecule has 1 aromatic heterocycles. The zero-order valence-electron chi connectivity index (χ0n) is 9.96. The van der Waals surface area contributed by atoms with Crippen molar-refractivity contribution in [1.29, 1.82) is 0 Å². The fourth-order valence-electron chi connectivity index (χ4n) is 2.13. The summed E-state index contributed by atoms with van der Waals surface area (Å²) >= 11 is 0. The summed E-state index contributed by atoms with van der Waals surface area (Å²) in [5.41, 5.74) is 4.58. The Labute approximate surface area is 94.3 Å². The minimum Gasteiger partial charge on any atom is -0.478 e. The van der Waals surface area contributed by atoms with E-state index >= 15 is 0 Å². The van der Waals surface area contributed by atoms with Gasteiger partial charge in [-0.15, -0.1) is 0 Å². The van der Waals surface area contributed by atoms with Gasteiger partial charge in [0.25, 0.3) is 0 Å². The lowest BCUT2D eigenvalue weighted by Gasteiger charge is -2.03. The summed E-state index contributed by atoms with van der Waals surface area (Å²) < 4.78 is 2.04. The Morgan fingerprint density at radius 3 is 2.44 bits per heavy atom. The van der Waals surface area contributed by atoms with Gasteiger partial charge in [0.15, 0.2) is 0 Å². The van der Waals surface area contributed by atoms with Gasteiger partial charge in [-0.25, -0.2) is 4.79 Å². The molecule has 16 heavy (non-hydrogen) atoms. The monoisotopic (exact) mass is 217 g/mol. The van der Waals surface area contributed by atoms with Gasteiger partial charge < -0.3 is 9.67 Å². The normalized spacial score (nSPS) is 11.0. The largest absolute Gasteiger partial charge is 0.478 e. The van der Waals surface area contributed by atoms with Crippen LogP contribution in [0.5, 0.6) is 0 Å². The van der Waals surface area contributed by atoms with Gasteiger partial charge >= 0.3 is 5.97 Å². The molecule has 0 fully saturated rings. The molecule has 0 saturated carbocycles. The Morgan fingerprint density at radius 2 is 1.88 bits per heavy atom. The Hall–Kier alpha value is -1.77. The number of aryl methyl sites for hydroxylation is 3. The highest BCUT2D eigenvalue weighted by molar-refractivity contribution is 5.96. The van der Waals surface area contributed by atoms with E-state index in [1.54, 1.807) is 6.07 Å². The van der Waals surface area contributed by atoms with E-state index in [2.05, 4.69) is 6.92 Å². The molecule has 3 heteroatoms. The molecule has 0 unspecified atom stereocenters. The van der Waals surface area contributed by atoms with Gasteiger partial charge in [-0.3, -0.25) is 0 Å². The third-order valence-electron chi connectivity index (χ3n) is 3.38. The Balaban J connectivity index is 2.90. The summed E-state index contributed by atoms with van der Waals surface area (Å²) in [5.74, 6) is -0.865. The molecule has 1 N–H and O–H groups in total. The number of hydrogen-bond acceptors (Lipinski definition) is 1. The quantitative estimate of drug-likeness (QED) is 0.798. The summed E-state index contributed by atoms with van der Waals surface area (Å²) in [6.07, 6.45) is 0. The maximum atomic E-state index is 11.1. The van der Waals surface area contributed by atoms with Gasteiger partial charge in [-0.1, -0.05) is 0 Å². The van der Waals surface area contributed by atoms with Crippen molar-refractivity contribution in [3.05, 3.63) is 34.5 Å². The summed E-state index contributed by atoms with van der Waals surface area (Å²) in [7, 11) is 1.96. The molecule has 84 valence electrons. The maximum absolute atomic E-state index is 11.1. The van der Waals surface area contributed by atoms with Crippen molar-refractivity contribution >= 4 is 16.9 Å². The number of carboxylic acids is 1. The highest BCUT2D eigenvalue weighted by atomic mass is 16.4. The highest BCUT2D eigenvalue weighted by Crippen LogP contribution is 2.27. The predicted octanol–water partition coefficient (Wildman–Crippen LogP) is 2.80. The van der Waals surface area contributed by atoms with Crippen molar-refractivity contribution in [2.75, 3.05) is 0 Å². The average Bonchev–Trinajstić information content (AvgIpc) is 2.43. The SMILES string of the molecule is Cc1cc2c(C)c(C)n(C)c2cc1C(=O)O. The molecule has 0 aliphatic rings. The number of benzene rings is 1. The molecule has 0 bridgehead atoms. The minimum absolute atomic E-state index is 0.383. The first kappa shape index (κ1) is 10.7. The molecule has 2 aromatic rings. The Bertz CT molecular complexity index is 594. The third kappa shape index (κ3) is 1.32. The molecule has 0 amide bonds. The number of carboxylic acid groups (broad SMARTS) is 1. The lowest BCUT2D eigenvalue weighted by Crippen LogP contribution is -2.00. The number of aromatic nitrogens is 1. The summed E-state index contributed by atoms with van der Waals surface area (Å²) in [4.78, 5) is 11.1. The fraction of sp³-hybridized carbons (Fsp3) is 0.308. The maximum Gasteiger partial charge on any atom is 0.336 e. The molecule has 0 spiro atoms. The molecule has 2 rings (SSSR count). The van der Waals surface area contributed by atoms with Crippen molar-refractivity contribution in [3.63, 3.8) is 0 Å². The molecule has 0 saturated heterocycles. The smallest absolute Gasteiger partial charge is 0.336 e. The van der Waals surface area contributed by atoms with Crippen LogP contribution < -0.4 is 0 Å². The molecule has 1 heterocycles. The molecule has 0 atom stereocenters. The molecule has 0 aliphatic carbocycles. The van der Waals surface area contributed by atoms with E-state index in [0.29, 0.717) is 5.56 Å². The van der Waals surface area contributed by atoms with Crippen molar-refractivity contribution in [2.24, 2.45) is 7.05 Å². The van der Waals surface area contributed by atoms with E-state index in [4.69, 9.17) is 5.11 Å². The zero-order chi connectivity index (χ0) is 12.0. The van der Waals surface area contributed by atoms with Gasteiger partial charge in [0, 0.05) is 23.6 Å². The summed E-state index contributed by atoms with van der Waals surface area (Å²) in [5, 5.41) is 10.2. The first-order valence-electron chi connectivity index (χ1n) is 5.23. The number of hydrogen-bond donors (Lipinski definition) is 1. The molecule has 1 aromatic carbocycles. The first-order chi connectivity index (χ1) is 7.43. The van der Waals surface area contributed by atoms with Gasteiger partial charge in [0.2, 0.25) is 0 Å². The van der Waals surface area contributed by atoms with E-state index in [-0.39, 0.29) is 0 Å². The predicted molar refractivity (Wildman–Crippen MR) is 64.1 cm³/mol. The van der Waals surface area contributed by atoms with Crippen LogP contribution in [0.4, 0.5) is 0 Å². The molecule has 0 radical (unpaired) electrons. The van der Waals surface area contributed by atoms with Gasteiger partial charge in [0.05, 0.1) is 5.56 Å². The van der Waals surface area contributed by atoms with Crippen LogP contribution in [0.1, 0.15) is 27.2 Å². The van der Waals surface area contributed by atoms with Crippen LogP contribution in [0.2, 0.25) is 0 Å². The highest BCUT2D eigenvalue weighted by Gasteiger charge is 2.13. The van der Waals surface area contributed by atoms with Crippen LogP contribution >= 0.6 is 0 Å². The second kappa shape index (κ2) is 3.37. The standard InChI is InChI=1S/C13H15NO2/c1-7-5-11-8(2)9(3)14(4)12(11)6-10(7)13(15)16/h5-6H,1-4H3,(H,15,16). The van der Waals surface area contributed by atoms with E-state index in [1.165, 1.54) is 11.3 Å². The zero-order valence-corrected chi connectivity index (χ0v) is 9.96. The van der Waals surface area contributed by atoms with Crippen molar-refractivity contribution < 1.29 is 9.90 Å². The number of nitrogens with zero attached hydrogens (tertiary/aromatic N) is 1. The second-order valence-corrected chi connectivity index (χ2v) is 4.26. The van der Waals surface area contributed by atoms with Gasteiger partial charge in [0.1, 0.15) is 0 Å². The Kier molecular flexibility index (Phi) is 2.26. The average molecular weight is 217 g/mol. The van der Waals surface area contributed by atoms with Crippen LogP contribution in [0.3, 0.4) is 0 Å². The number of rotatable bonds is 1. The van der Waals surface area contributed by atoms with Crippen molar-refractivity contribution in [1.82, 2.24) is 4.57 Å². The lowest BCUT2D eigenvalue weighted by molar-refractivity contribution is 0.0696. The Morgan fingerprint density at radius 1 is 1.25 bits per heavy atom. The topological polar surface area (TPSA) is 42.2 Å². The molecule has 3 nitrogen and oxygen atoms in total.